The molecular formula is C13H17ClN2O2. The molecular weight excluding hydrogens is 252 g/mol. The zero-order valence-corrected chi connectivity index (χ0v) is 11.3. The molecule has 1 amide bonds. The monoisotopic (exact) mass is 268 g/mol. The summed E-state index contributed by atoms with van der Waals surface area (Å²) in [4.78, 5) is 11.4. The van der Waals surface area contributed by atoms with Crippen LogP contribution in [0, 0.1) is 6.92 Å². The van der Waals surface area contributed by atoms with E-state index in [9.17, 15) is 4.79 Å². The van der Waals surface area contributed by atoms with Crippen molar-refractivity contribution >= 4 is 23.2 Å². The van der Waals surface area contributed by atoms with E-state index >= 15 is 0 Å². The molecule has 0 saturated carbocycles. The zero-order chi connectivity index (χ0) is 13.5. The van der Waals surface area contributed by atoms with Gasteiger partial charge in [-0.1, -0.05) is 17.7 Å². The highest BCUT2D eigenvalue weighted by Crippen LogP contribution is 2.30. The number of halogens is 1. The van der Waals surface area contributed by atoms with Gasteiger partial charge in [0, 0.05) is 17.6 Å². The Morgan fingerprint density at radius 3 is 2.89 bits per heavy atom. The van der Waals surface area contributed by atoms with E-state index in [0.29, 0.717) is 17.3 Å². The average molecular weight is 269 g/mol. The van der Waals surface area contributed by atoms with Crippen molar-refractivity contribution in [2.45, 2.75) is 6.92 Å². The molecule has 0 spiro atoms. The first-order chi connectivity index (χ1) is 8.58. The van der Waals surface area contributed by atoms with Crippen LogP contribution in [0.2, 0.25) is 5.02 Å². The molecule has 0 atom stereocenters. The van der Waals surface area contributed by atoms with Gasteiger partial charge in [0.05, 0.1) is 19.3 Å². The van der Waals surface area contributed by atoms with Gasteiger partial charge in [0.2, 0.25) is 5.91 Å². The first-order valence-corrected chi connectivity index (χ1v) is 5.92. The van der Waals surface area contributed by atoms with Crippen LogP contribution in [0.3, 0.4) is 0 Å². The third kappa shape index (κ3) is 3.96. The third-order valence-electron chi connectivity index (χ3n) is 2.36. The first kappa shape index (κ1) is 14.4. The molecule has 0 aliphatic rings. The van der Waals surface area contributed by atoms with Crippen molar-refractivity contribution in [3.63, 3.8) is 0 Å². The minimum Gasteiger partial charge on any atom is -0.495 e. The maximum atomic E-state index is 11.4. The highest BCUT2D eigenvalue weighted by molar-refractivity contribution is 6.31. The van der Waals surface area contributed by atoms with Gasteiger partial charge in [-0.3, -0.25) is 4.79 Å². The Hall–Kier alpha value is -1.68. The molecule has 0 fully saturated rings. The van der Waals surface area contributed by atoms with Crippen LogP contribution >= 0.6 is 11.6 Å². The standard InChI is InChI=1S/C13H17ClN2O2/c1-4-5-15-13(17)8-16-11-6-9(2)10(14)7-12(11)18-3/h4,6-7,16H,1,5,8H2,2-3H3,(H,15,17). The van der Waals surface area contributed by atoms with E-state index in [-0.39, 0.29) is 12.5 Å². The van der Waals surface area contributed by atoms with E-state index < -0.39 is 0 Å². The lowest BCUT2D eigenvalue weighted by Crippen LogP contribution is -2.29. The molecule has 0 aliphatic carbocycles. The van der Waals surface area contributed by atoms with Gasteiger partial charge in [0.25, 0.3) is 0 Å². The number of hydrogen-bond acceptors (Lipinski definition) is 3. The largest absolute Gasteiger partial charge is 0.495 e. The van der Waals surface area contributed by atoms with Crippen LogP contribution in [0.5, 0.6) is 5.75 Å². The summed E-state index contributed by atoms with van der Waals surface area (Å²) in [5, 5.41) is 6.32. The summed E-state index contributed by atoms with van der Waals surface area (Å²) >= 11 is 6.00. The Morgan fingerprint density at radius 1 is 1.56 bits per heavy atom. The predicted molar refractivity (Wildman–Crippen MR) is 74.4 cm³/mol. The van der Waals surface area contributed by atoms with E-state index in [1.165, 1.54) is 0 Å². The Morgan fingerprint density at radius 2 is 2.28 bits per heavy atom. The zero-order valence-electron chi connectivity index (χ0n) is 10.5. The second-order valence-electron chi connectivity index (χ2n) is 3.75. The molecule has 1 aromatic rings. The molecule has 0 aliphatic heterocycles. The van der Waals surface area contributed by atoms with Crippen LogP contribution in [0.4, 0.5) is 5.69 Å². The fourth-order valence-electron chi connectivity index (χ4n) is 1.39. The van der Waals surface area contributed by atoms with Crippen LogP contribution < -0.4 is 15.4 Å². The molecule has 1 aromatic carbocycles. The quantitative estimate of drug-likeness (QED) is 0.779. The van der Waals surface area contributed by atoms with Crippen molar-refractivity contribution in [3.8, 4) is 5.75 Å². The van der Waals surface area contributed by atoms with E-state index in [0.717, 1.165) is 11.3 Å². The molecule has 98 valence electrons. The molecule has 0 radical (unpaired) electrons. The fraction of sp³-hybridized carbons (Fsp3) is 0.308. The maximum Gasteiger partial charge on any atom is 0.239 e. The van der Waals surface area contributed by atoms with E-state index in [4.69, 9.17) is 16.3 Å². The predicted octanol–water partition coefficient (Wildman–Crippen LogP) is 2.37. The molecule has 18 heavy (non-hydrogen) atoms. The normalized spacial score (nSPS) is 9.72. The summed E-state index contributed by atoms with van der Waals surface area (Å²) in [6, 6.07) is 3.57. The summed E-state index contributed by atoms with van der Waals surface area (Å²) in [6.07, 6.45) is 1.63. The summed E-state index contributed by atoms with van der Waals surface area (Å²) in [5.74, 6) is 0.506. The molecule has 1 rings (SSSR count). The fourth-order valence-corrected chi connectivity index (χ4v) is 1.55. The molecule has 5 heteroatoms. The van der Waals surface area contributed by atoms with Crippen molar-refractivity contribution < 1.29 is 9.53 Å². The van der Waals surface area contributed by atoms with Crippen molar-refractivity contribution in [1.82, 2.24) is 5.32 Å². The van der Waals surface area contributed by atoms with E-state index in [1.54, 1.807) is 19.3 Å². The Balaban J connectivity index is 2.69. The molecule has 0 heterocycles. The number of nitrogens with one attached hydrogen (secondary N) is 2. The van der Waals surface area contributed by atoms with Gasteiger partial charge in [-0.25, -0.2) is 0 Å². The smallest absolute Gasteiger partial charge is 0.239 e. The summed E-state index contributed by atoms with van der Waals surface area (Å²) < 4.78 is 5.20. The van der Waals surface area contributed by atoms with Gasteiger partial charge in [-0.15, -0.1) is 6.58 Å². The van der Waals surface area contributed by atoms with Crippen LogP contribution in [0.15, 0.2) is 24.8 Å². The van der Waals surface area contributed by atoms with Crippen LogP contribution in [-0.4, -0.2) is 26.1 Å². The molecule has 0 bridgehead atoms. The summed E-state index contributed by atoms with van der Waals surface area (Å²) in [7, 11) is 1.56. The molecule has 2 N–H and O–H groups in total. The highest BCUT2D eigenvalue weighted by Gasteiger charge is 2.08. The lowest BCUT2D eigenvalue weighted by molar-refractivity contribution is -0.119. The first-order valence-electron chi connectivity index (χ1n) is 5.54. The lowest BCUT2D eigenvalue weighted by atomic mass is 10.2. The highest BCUT2D eigenvalue weighted by atomic mass is 35.5. The van der Waals surface area contributed by atoms with Gasteiger partial charge in [0.15, 0.2) is 0 Å². The summed E-state index contributed by atoms with van der Waals surface area (Å²) in [5.41, 5.74) is 1.67. The minimum atomic E-state index is -0.107. The number of aryl methyl sites for hydroxylation is 1. The van der Waals surface area contributed by atoms with E-state index in [1.807, 2.05) is 13.0 Å². The maximum absolute atomic E-state index is 11.4. The Bertz CT molecular complexity index is 447. The number of amides is 1. The van der Waals surface area contributed by atoms with E-state index in [2.05, 4.69) is 17.2 Å². The molecule has 0 aromatic heterocycles. The van der Waals surface area contributed by atoms with Crippen LogP contribution in [-0.2, 0) is 4.79 Å². The SMILES string of the molecule is C=CCNC(=O)CNc1cc(C)c(Cl)cc1OC. The van der Waals surface area contributed by atoms with Crippen LogP contribution in [0.1, 0.15) is 5.56 Å². The number of anilines is 1. The number of carbonyl (C=O) groups excluding carboxylic acids is 1. The van der Waals surface area contributed by atoms with Crippen molar-refractivity contribution in [2.75, 3.05) is 25.5 Å². The molecule has 4 nitrogen and oxygen atoms in total. The average Bonchev–Trinajstić information content (AvgIpc) is 2.37. The van der Waals surface area contributed by atoms with Gasteiger partial charge in [-0.05, 0) is 18.6 Å². The number of ether oxygens (including phenoxy) is 1. The lowest BCUT2D eigenvalue weighted by Gasteiger charge is -2.12. The second kappa shape index (κ2) is 6.91. The van der Waals surface area contributed by atoms with Gasteiger partial charge in [-0.2, -0.15) is 0 Å². The van der Waals surface area contributed by atoms with Crippen molar-refractivity contribution in [1.29, 1.82) is 0 Å². The molecule has 0 saturated heterocycles. The van der Waals surface area contributed by atoms with Gasteiger partial charge < -0.3 is 15.4 Å². The van der Waals surface area contributed by atoms with Gasteiger partial charge >= 0.3 is 0 Å². The Kier molecular flexibility index (Phi) is 5.52. The number of hydrogen-bond donors (Lipinski definition) is 2. The topological polar surface area (TPSA) is 50.4 Å². The number of benzene rings is 1. The minimum absolute atomic E-state index is 0.107. The molecule has 0 unspecified atom stereocenters. The third-order valence-corrected chi connectivity index (χ3v) is 2.77. The van der Waals surface area contributed by atoms with Crippen LogP contribution in [0.25, 0.3) is 0 Å². The number of methoxy groups -OCH3 is 1. The van der Waals surface area contributed by atoms with Crippen molar-refractivity contribution in [2.24, 2.45) is 0 Å². The summed E-state index contributed by atoms with van der Waals surface area (Å²) in [6.45, 7) is 6.05. The Labute approximate surface area is 112 Å². The number of rotatable bonds is 6. The number of carbonyl (C=O) groups is 1. The van der Waals surface area contributed by atoms with Gasteiger partial charge in [0.1, 0.15) is 5.75 Å². The second-order valence-corrected chi connectivity index (χ2v) is 4.16. The van der Waals surface area contributed by atoms with Crippen molar-refractivity contribution in [3.05, 3.63) is 35.4 Å².